The van der Waals surface area contributed by atoms with Gasteiger partial charge in [-0.3, -0.25) is 0 Å². The molecule has 3 aromatic heterocycles. The number of aromatic nitrogens is 5. The van der Waals surface area contributed by atoms with E-state index in [0.29, 0.717) is 12.4 Å². The van der Waals surface area contributed by atoms with Gasteiger partial charge in [-0.05, 0) is 54.0 Å². The van der Waals surface area contributed by atoms with Crippen LogP contribution in [0.15, 0.2) is 30.6 Å². The second-order valence-electron chi connectivity index (χ2n) is 7.22. The number of nitrogens with two attached hydrogens (primary N) is 1. The molecule has 1 aliphatic heterocycles. The number of nitrogens with zero attached hydrogens (tertiary/aromatic N) is 6. The normalized spacial score (nSPS) is 14.4. The van der Waals surface area contributed by atoms with Gasteiger partial charge in [-0.25, -0.2) is 19.6 Å². The molecule has 4 aromatic rings. The summed E-state index contributed by atoms with van der Waals surface area (Å²) in [5, 5.41) is 6.65. The van der Waals surface area contributed by atoms with Crippen molar-refractivity contribution in [1.29, 1.82) is 0 Å². The van der Waals surface area contributed by atoms with Gasteiger partial charge in [0.15, 0.2) is 5.65 Å². The second-order valence-corrected chi connectivity index (χ2v) is 8.24. The first-order valence-corrected chi connectivity index (χ1v) is 10.5. The van der Waals surface area contributed by atoms with Crippen LogP contribution in [0.1, 0.15) is 24.0 Å². The van der Waals surface area contributed by atoms with Crippen LogP contribution >= 0.6 is 22.6 Å². The summed E-state index contributed by atoms with van der Waals surface area (Å²) in [7, 11) is 0. The van der Waals surface area contributed by atoms with Crippen molar-refractivity contribution in [2.45, 2.75) is 26.3 Å². The van der Waals surface area contributed by atoms with Crippen LogP contribution in [-0.2, 0) is 6.54 Å². The Morgan fingerprint density at radius 2 is 2.00 bits per heavy atom. The number of para-hydroxylation sites is 1. The molecule has 0 unspecified atom stereocenters. The van der Waals surface area contributed by atoms with Crippen LogP contribution in [0.5, 0.6) is 0 Å². The molecule has 1 saturated heterocycles. The van der Waals surface area contributed by atoms with Gasteiger partial charge in [0.1, 0.15) is 21.7 Å². The SMILES string of the molecule is Cc1cccc2cc(Cn3nc(I)c4c(N)ncnc43)c(N3CCCC3)nc12. The molecule has 0 amide bonds. The molecule has 1 aromatic carbocycles. The standard InChI is InChI=1S/C20H20IN7/c1-12-5-4-6-13-9-14(19(25-16(12)13)27-7-2-3-8-27)10-28-20-15(17(21)26-28)18(22)23-11-24-20/h4-6,9,11H,2-3,7-8,10H2,1H3,(H2,22,23,24). The third kappa shape index (κ3) is 2.86. The molecule has 2 N–H and O–H groups in total. The van der Waals surface area contributed by atoms with E-state index in [4.69, 9.17) is 10.7 Å². The zero-order valence-corrected chi connectivity index (χ0v) is 17.7. The van der Waals surface area contributed by atoms with E-state index in [2.05, 4.69) is 73.7 Å². The number of pyridine rings is 1. The van der Waals surface area contributed by atoms with E-state index in [0.717, 1.165) is 50.1 Å². The molecule has 0 aliphatic carbocycles. The number of nitrogen functional groups attached to an aromatic ring is 1. The Bertz CT molecular complexity index is 1190. The van der Waals surface area contributed by atoms with E-state index in [1.54, 1.807) is 0 Å². The van der Waals surface area contributed by atoms with Crippen molar-refractivity contribution in [2.75, 3.05) is 23.7 Å². The Morgan fingerprint density at radius 1 is 1.18 bits per heavy atom. The van der Waals surface area contributed by atoms with Crippen LogP contribution in [0.25, 0.3) is 21.9 Å². The van der Waals surface area contributed by atoms with E-state index >= 15 is 0 Å². The first-order chi connectivity index (χ1) is 13.6. The van der Waals surface area contributed by atoms with E-state index in [1.807, 2.05) is 4.68 Å². The molecule has 8 heteroatoms. The summed E-state index contributed by atoms with van der Waals surface area (Å²) in [6.07, 6.45) is 3.91. The molecular weight excluding hydrogens is 465 g/mol. The highest BCUT2D eigenvalue weighted by molar-refractivity contribution is 14.1. The number of aryl methyl sites for hydroxylation is 1. The number of benzene rings is 1. The van der Waals surface area contributed by atoms with E-state index in [9.17, 15) is 0 Å². The number of halogens is 1. The summed E-state index contributed by atoms with van der Waals surface area (Å²) in [5.41, 5.74) is 10.2. The van der Waals surface area contributed by atoms with Gasteiger partial charge in [0, 0.05) is 24.0 Å². The van der Waals surface area contributed by atoms with Crippen LogP contribution < -0.4 is 10.6 Å². The van der Waals surface area contributed by atoms with Crippen LogP contribution in [0.4, 0.5) is 11.6 Å². The highest BCUT2D eigenvalue weighted by Crippen LogP contribution is 2.30. The molecule has 0 bridgehead atoms. The lowest BCUT2D eigenvalue weighted by molar-refractivity contribution is 0.693. The molecule has 0 spiro atoms. The lowest BCUT2D eigenvalue weighted by Crippen LogP contribution is -2.22. The Balaban J connectivity index is 1.68. The fourth-order valence-corrected chi connectivity index (χ4v) is 4.74. The number of hydrogen-bond acceptors (Lipinski definition) is 6. The van der Waals surface area contributed by atoms with E-state index in [1.165, 1.54) is 24.7 Å². The molecule has 5 rings (SSSR count). The average Bonchev–Trinajstić information content (AvgIpc) is 3.31. The fraction of sp³-hybridized carbons (Fsp3) is 0.300. The number of fused-ring (bicyclic) bond motifs is 2. The minimum atomic E-state index is 0.465. The predicted molar refractivity (Wildman–Crippen MR) is 119 cm³/mol. The summed E-state index contributed by atoms with van der Waals surface area (Å²) in [4.78, 5) is 16.0. The van der Waals surface area contributed by atoms with Gasteiger partial charge in [-0.1, -0.05) is 18.2 Å². The van der Waals surface area contributed by atoms with Crippen LogP contribution in [-0.4, -0.2) is 37.8 Å². The quantitative estimate of drug-likeness (QED) is 0.447. The molecule has 142 valence electrons. The molecule has 4 heterocycles. The second kappa shape index (κ2) is 6.84. The van der Waals surface area contributed by atoms with Crippen LogP contribution in [0.2, 0.25) is 0 Å². The number of rotatable bonds is 3. The van der Waals surface area contributed by atoms with Gasteiger partial charge in [0.2, 0.25) is 0 Å². The van der Waals surface area contributed by atoms with Crippen LogP contribution in [0, 0.1) is 10.6 Å². The number of hydrogen-bond donors (Lipinski definition) is 1. The summed E-state index contributed by atoms with van der Waals surface area (Å²) in [5.74, 6) is 1.52. The van der Waals surface area contributed by atoms with Gasteiger partial charge >= 0.3 is 0 Å². The Hall–Kier alpha value is -2.49. The van der Waals surface area contributed by atoms with Crippen molar-refractivity contribution in [3.63, 3.8) is 0 Å². The highest BCUT2D eigenvalue weighted by atomic mass is 127. The lowest BCUT2D eigenvalue weighted by Gasteiger charge is -2.21. The highest BCUT2D eigenvalue weighted by Gasteiger charge is 2.21. The molecule has 0 radical (unpaired) electrons. The Morgan fingerprint density at radius 3 is 2.82 bits per heavy atom. The van der Waals surface area contributed by atoms with Gasteiger partial charge in [-0.2, -0.15) is 5.10 Å². The van der Waals surface area contributed by atoms with Gasteiger partial charge in [0.25, 0.3) is 0 Å². The molecule has 1 fully saturated rings. The Labute approximate surface area is 176 Å². The molecule has 0 saturated carbocycles. The third-order valence-electron chi connectivity index (χ3n) is 5.35. The molecule has 0 atom stereocenters. The fourth-order valence-electron chi connectivity index (χ4n) is 3.96. The van der Waals surface area contributed by atoms with Crippen molar-refractivity contribution in [2.24, 2.45) is 0 Å². The largest absolute Gasteiger partial charge is 0.383 e. The van der Waals surface area contributed by atoms with E-state index in [-0.39, 0.29) is 0 Å². The lowest BCUT2D eigenvalue weighted by atomic mass is 10.1. The summed E-state index contributed by atoms with van der Waals surface area (Å²) in [6.45, 7) is 4.80. The summed E-state index contributed by atoms with van der Waals surface area (Å²) >= 11 is 2.19. The molecule has 1 aliphatic rings. The van der Waals surface area contributed by atoms with Gasteiger partial charge in [-0.15, -0.1) is 0 Å². The van der Waals surface area contributed by atoms with Crippen LogP contribution in [0.3, 0.4) is 0 Å². The first-order valence-electron chi connectivity index (χ1n) is 9.38. The maximum Gasteiger partial charge on any atom is 0.164 e. The topological polar surface area (TPSA) is 85.8 Å². The third-order valence-corrected chi connectivity index (χ3v) is 6.10. The zero-order chi connectivity index (χ0) is 19.3. The first kappa shape index (κ1) is 17.6. The van der Waals surface area contributed by atoms with E-state index < -0.39 is 0 Å². The zero-order valence-electron chi connectivity index (χ0n) is 15.6. The summed E-state index contributed by atoms with van der Waals surface area (Å²) < 4.78 is 2.73. The average molecular weight is 485 g/mol. The minimum absolute atomic E-state index is 0.465. The van der Waals surface area contributed by atoms with Crippen molar-refractivity contribution in [3.8, 4) is 0 Å². The van der Waals surface area contributed by atoms with Crippen molar-refractivity contribution < 1.29 is 0 Å². The van der Waals surface area contributed by atoms with Crippen molar-refractivity contribution >= 4 is 56.2 Å². The molecule has 7 nitrogen and oxygen atoms in total. The van der Waals surface area contributed by atoms with Crippen molar-refractivity contribution in [1.82, 2.24) is 24.7 Å². The van der Waals surface area contributed by atoms with Gasteiger partial charge in [0.05, 0.1) is 17.4 Å². The molecular formula is C20H20IN7. The maximum atomic E-state index is 6.05. The number of anilines is 2. The van der Waals surface area contributed by atoms with Gasteiger partial charge < -0.3 is 10.6 Å². The maximum absolute atomic E-state index is 6.05. The Kier molecular flexibility index (Phi) is 4.30. The molecule has 28 heavy (non-hydrogen) atoms. The minimum Gasteiger partial charge on any atom is -0.383 e. The smallest absolute Gasteiger partial charge is 0.164 e. The monoisotopic (exact) mass is 485 g/mol. The van der Waals surface area contributed by atoms with Crippen molar-refractivity contribution in [3.05, 3.63) is 45.4 Å². The summed E-state index contributed by atoms with van der Waals surface area (Å²) in [6, 6.07) is 8.57. The predicted octanol–water partition coefficient (Wildman–Crippen LogP) is 3.52.